The molecule has 3 aromatic carbocycles. The van der Waals surface area contributed by atoms with Crippen LogP contribution in [-0.2, 0) is 13.0 Å². The first kappa shape index (κ1) is 19.4. The highest BCUT2D eigenvalue weighted by atomic mass is 16.4. The second-order valence-corrected chi connectivity index (χ2v) is 6.69. The first-order chi connectivity index (χ1) is 13.5. The van der Waals surface area contributed by atoms with Gasteiger partial charge >= 0.3 is 5.97 Å². The van der Waals surface area contributed by atoms with Gasteiger partial charge in [-0.1, -0.05) is 55.5 Å². The summed E-state index contributed by atoms with van der Waals surface area (Å²) in [7, 11) is 0. The molecule has 0 saturated heterocycles. The average molecular weight is 373 g/mol. The summed E-state index contributed by atoms with van der Waals surface area (Å²) in [6.45, 7) is 4.27. The Hall–Kier alpha value is -3.40. The van der Waals surface area contributed by atoms with Gasteiger partial charge in [-0.05, 0) is 54.3 Å². The zero-order valence-corrected chi connectivity index (χ0v) is 16.1. The molecule has 0 saturated carbocycles. The Kier molecular flexibility index (Phi) is 5.90. The number of aromatic carboxylic acids is 1. The van der Waals surface area contributed by atoms with Gasteiger partial charge in [-0.3, -0.25) is 4.79 Å². The predicted octanol–water partition coefficient (Wildman–Crippen LogP) is 5.10. The number of hydrogen-bond donors (Lipinski definition) is 1. The third-order valence-corrected chi connectivity index (χ3v) is 4.80. The zero-order valence-electron chi connectivity index (χ0n) is 16.1. The van der Waals surface area contributed by atoms with Crippen LogP contribution in [0.4, 0.5) is 5.69 Å². The van der Waals surface area contributed by atoms with Crippen molar-refractivity contribution in [1.82, 2.24) is 0 Å². The van der Waals surface area contributed by atoms with E-state index in [1.165, 1.54) is 0 Å². The molecule has 1 amide bonds. The Balaban J connectivity index is 2.07. The van der Waals surface area contributed by atoms with Gasteiger partial charge in [-0.2, -0.15) is 0 Å². The minimum atomic E-state index is -0.979. The fourth-order valence-electron chi connectivity index (χ4n) is 3.28. The lowest BCUT2D eigenvalue weighted by atomic mass is 10.0. The molecular formula is C24H23NO3. The van der Waals surface area contributed by atoms with Crippen molar-refractivity contribution in [2.45, 2.75) is 26.8 Å². The molecule has 0 atom stereocenters. The maximum absolute atomic E-state index is 13.5. The average Bonchev–Trinajstić information content (AvgIpc) is 2.72. The van der Waals surface area contributed by atoms with E-state index < -0.39 is 5.97 Å². The van der Waals surface area contributed by atoms with Crippen molar-refractivity contribution in [2.24, 2.45) is 0 Å². The van der Waals surface area contributed by atoms with Gasteiger partial charge in [-0.15, -0.1) is 0 Å². The predicted molar refractivity (Wildman–Crippen MR) is 111 cm³/mol. The molecular weight excluding hydrogens is 350 g/mol. The number of hydrogen-bond acceptors (Lipinski definition) is 2. The summed E-state index contributed by atoms with van der Waals surface area (Å²) in [5, 5.41) is 9.29. The maximum atomic E-state index is 13.5. The van der Waals surface area contributed by atoms with Gasteiger partial charge in [0.15, 0.2) is 0 Å². The van der Waals surface area contributed by atoms with Gasteiger partial charge in [0.1, 0.15) is 0 Å². The highest BCUT2D eigenvalue weighted by Gasteiger charge is 2.21. The second kappa shape index (κ2) is 8.53. The minimum Gasteiger partial charge on any atom is -0.478 e. The van der Waals surface area contributed by atoms with Crippen LogP contribution in [0.15, 0.2) is 72.8 Å². The quantitative estimate of drug-likeness (QED) is 0.654. The third kappa shape index (κ3) is 4.12. The molecule has 0 aliphatic heterocycles. The Morgan fingerprint density at radius 2 is 1.64 bits per heavy atom. The number of benzene rings is 3. The lowest BCUT2D eigenvalue weighted by Crippen LogP contribution is -2.31. The molecule has 0 aliphatic carbocycles. The zero-order chi connectivity index (χ0) is 20.1. The third-order valence-electron chi connectivity index (χ3n) is 4.80. The van der Waals surface area contributed by atoms with Crippen LogP contribution in [0, 0.1) is 6.92 Å². The Morgan fingerprint density at radius 3 is 2.36 bits per heavy atom. The molecule has 4 nitrogen and oxygen atoms in total. The highest BCUT2D eigenvalue weighted by Crippen LogP contribution is 2.26. The number of rotatable bonds is 6. The fraction of sp³-hybridized carbons (Fsp3) is 0.167. The number of carbonyl (C=O) groups is 2. The van der Waals surface area contributed by atoms with E-state index >= 15 is 0 Å². The van der Waals surface area contributed by atoms with E-state index in [9.17, 15) is 14.7 Å². The lowest BCUT2D eigenvalue weighted by molar-refractivity contribution is 0.0696. The number of amides is 1. The number of nitrogens with zero attached hydrogens (tertiary/aromatic N) is 1. The van der Waals surface area contributed by atoms with E-state index in [1.54, 1.807) is 23.1 Å². The monoisotopic (exact) mass is 373 g/mol. The van der Waals surface area contributed by atoms with E-state index in [-0.39, 0.29) is 11.5 Å². The molecule has 0 bridgehead atoms. The molecule has 28 heavy (non-hydrogen) atoms. The van der Waals surface area contributed by atoms with E-state index in [2.05, 4.69) is 6.92 Å². The molecule has 0 aromatic heterocycles. The molecule has 0 fully saturated rings. The summed E-state index contributed by atoms with van der Waals surface area (Å²) < 4.78 is 0. The van der Waals surface area contributed by atoms with Gasteiger partial charge in [0.2, 0.25) is 0 Å². The van der Waals surface area contributed by atoms with Crippen LogP contribution in [-0.4, -0.2) is 17.0 Å². The first-order valence-corrected chi connectivity index (χ1v) is 9.29. The Bertz CT molecular complexity index is 1010. The molecule has 0 heterocycles. The number of carbonyl (C=O) groups excluding carboxylic acids is 1. The lowest BCUT2D eigenvalue weighted by Gasteiger charge is -2.26. The first-order valence-electron chi connectivity index (χ1n) is 9.29. The van der Waals surface area contributed by atoms with Crippen molar-refractivity contribution in [3.63, 3.8) is 0 Å². The summed E-state index contributed by atoms with van der Waals surface area (Å²) in [5.41, 5.74) is 4.45. The maximum Gasteiger partial charge on any atom is 0.335 e. The fourth-order valence-corrected chi connectivity index (χ4v) is 3.28. The topological polar surface area (TPSA) is 57.6 Å². The normalized spacial score (nSPS) is 10.5. The van der Waals surface area contributed by atoms with E-state index in [1.807, 2.05) is 61.5 Å². The van der Waals surface area contributed by atoms with E-state index in [0.717, 1.165) is 28.8 Å². The van der Waals surface area contributed by atoms with Gasteiger partial charge in [0, 0.05) is 11.3 Å². The van der Waals surface area contributed by atoms with Crippen molar-refractivity contribution in [3.8, 4) is 0 Å². The van der Waals surface area contributed by atoms with Crippen LogP contribution in [0.3, 0.4) is 0 Å². The van der Waals surface area contributed by atoms with Crippen molar-refractivity contribution < 1.29 is 14.7 Å². The second-order valence-electron chi connectivity index (χ2n) is 6.69. The summed E-state index contributed by atoms with van der Waals surface area (Å²) in [4.78, 5) is 26.5. The minimum absolute atomic E-state index is 0.0975. The SMILES string of the molecule is CCc1ccccc1N(Cc1cccc(C(=O)O)c1)C(=O)c1ccccc1C. The largest absolute Gasteiger partial charge is 0.478 e. The summed E-state index contributed by atoms with van der Waals surface area (Å²) >= 11 is 0. The Morgan fingerprint density at radius 1 is 0.929 bits per heavy atom. The molecule has 3 rings (SSSR count). The van der Waals surface area contributed by atoms with Crippen LogP contribution in [0.2, 0.25) is 0 Å². The summed E-state index contributed by atoms with van der Waals surface area (Å²) in [5.74, 6) is -1.08. The number of para-hydroxylation sites is 1. The van der Waals surface area contributed by atoms with Gasteiger partial charge in [0.05, 0.1) is 12.1 Å². The van der Waals surface area contributed by atoms with Crippen LogP contribution >= 0.6 is 0 Å². The smallest absolute Gasteiger partial charge is 0.335 e. The highest BCUT2D eigenvalue weighted by molar-refractivity contribution is 6.07. The summed E-state index contributed by atoms with van der Waals surface area (Å²) in [6, 6.07) is 22.1. The van der Waals surface area contributed by atoms with Crippen LogP contribution in [0.1, 0.15) is 44.3 Å². The molecule has 4 heteroatoms. The molecule has 3 aromatic rings. The molecule has 0 aliphatic rings. The number of anilines is 1. The molecule has 142 valence electrons. The standard InChI is InChI=1S/C24H23NO3/c1-3-19-11-5-7-14-22(19)25(23(26)21-13-6-4-9-17(21)2)16-18-10-8-12-20(15-18)24(27)28/h4-15H,3,16H2,1-2H3,(H,27,28). The molecule has 1 N–H and O–H groups in total. The van der Waals surface area contributed by atoms with Crippen molar-refractivity contribution >= 4 is 17.6 Å². The van der Waals surface area contributed by atoms with Crippen LogP contribution in [0.5, 0.6) is 0 Å². The van der Waals surface area contributed by atoms with E-state index in [4.69, 9.17) is 0 Å². The van der Waals surface area contributed by atoms with Gasteiger partial charge in [0.25, 0.3) is 5.91 Å². The van der Waals surface area contributed by atoms with Crippen molar-refractivity contribution in [1.29, 1.82) is 0 Å². The van der Waals surface area contributed by atoms with Crippen LogP contribution in [0.25, 0.3) is 0 Å². The number of carboxylic acid groups (broad SMARTS) is 1. The number of carboxylic acids is 1. The number of aryl methyl sites for hydroxylation is 2. The van der Waals surface area contributed by atoms with Gasteiger partial charge in [-0.25, -0.2) is 4.79 Å². The molecule has 0 unspecified atom stereocenters. The molecule has 0 radical (unpaired) electrons. The van der Waals surface area contributed by atoms with Gasteiger partial charge < -0.3 is 10.0 Å². The van der Waals surface area contributed by atoms with Crippen LogP contribution < -0.4 is 4.90 Å². The Labute approximate surface area is 165 Å². The van der Waals surface area contributed by atoms with E-state index in [0.29, 0.717) is 12.1 Å². The summed E-state index contributed by atoms with van der Waals surface area (Å²) in [6.07, 6.45) is 0.795. The van der Waals surface area contributed by atoms with Crippen molar-refractivity contribution in [3.05, 3.63) is 101 Å². The molecule has 0 spiro atoms. The van der Waals surface area contributed by atoms with Crippen molar-refractivity contribution in [2.75, 3.05) is 4.90 Å².